The molecule has 3 aromatic rings. The third-order valence-electron chi connectivity index (χ3n) is 3.64. The summed E-state index contributed by atoms with van der Waals surface area (Å²) in [6, 6.07) is 15.5. The molecule has 0 aliphatic heterocycles. The van der Waals surface area contributed by atoms with Crippen LogP contribution in [-0.2, 0) is 17.8 Å². The fraction of sp³-hybridized carbons (Fsp3) is 0.222. The first-order valence-electron chi connectivity index (χ1n) is 7.67. The molecule has 0 atom stereocenters. The highest BCUT2D eigenvalue weighted by molar-refractivity contribution is 9.10. The van der Waals surface area contributed by atoms with Crippen molar-refractivity contribution in [2.24, 2.45) is 0 Å². The highest BCUT2D eigenvalue weighted by atomic mass is 79.9. The van der Waals surface area contributed by atoms with Crippen LogP contribution in [0.15, 0.2) is 53.0 Å². The van der Waals surface area contributed by atoms with Gasteiger partial charge in [0.2, 0.25) is 5.91 Å². The van der Waals surface area contributed by atoms with Crippen molar-refractivity contribution < 1.29 is 4.79 Å². The number of hydrogen-bond acceptors (Lipinski definition) is 2. The molecular formula is C18H18BrN3O. The number of para-hydroxylation sites is 2. The molecule has 1 aromatic heterocycles. The number of hydrogen-bond donors (Lipinski definition) is 1. The number of fused-ring (bicyclic) bond motifs is 1. The van der Waals surface area contributed by atoms with Gasteiger partial charge in [0.15, 0.2) is 0 Å². The van der Waals surface area contributed by atoms with E-state index < -0.39 is 0 Å². The Labute approximate surface area is 143 Å². The summed E-state index contributed by atoms with van der Waals surface area (Å²) in [6.07, 6.45) is 1.86. The number of amides is 1. The molecule has 0 fully saturated rings. The third kappa shape index (κ3) is 3.62. The van der Waals surface area contributed by atoms with E-state index in [1.54, 1.807) is 0 Å². The second-order valence-electron chi connectivity index (χ2n) is 5.41. The Morgan fingerprint density at radius 3 is 2.65 bits per heavy atom. The molecule has 5 heteroatoms. The molecule has 23 heavy (non-hydrogen) atoms. The van der Waals surface area contributed by atoms with Gasteiger partial charge in [0.05, 0.1) is 11.0 Å². The van der Waals surface area contributed by atoms with Crippen LogP contribution >= 0.6 is 15.9 Å². The Morgan fingerprint density at radius 2 is 1.91 bits per heavy atom. The summed E-state index contributed by atoms with van der Waals surface area (Å²) >= 11 is 3.39. The molecule has 2 aromatic carbocycles. The first-order chi connectivity index (χ1) is 11.2. The molecule has 3 rings (SSSR count). The fourth-order valence-corrected chi connectivity index (χ4v) is 2.86. The van der Waals surface area contributed by atoms with E-state index in [1.807, 2.05) is 53.1 Å². The summed E-state index contributed by atoms with van der Waals surface area (Å²) in [5.74, 6) is 0.910. The van der Waals surface area contributed by atoms with Crippen LogP contribution in [-0.4, -0.2) is 15.5 Å². The maximum Gasteiger partial charge on any atom is 0.244 e. The van der Waals surface area contributed by atoms with Crippen molar-refractivity contribution in [2.45, 2.75) is 26.3 Å². The van der Waals surface area contributed by atoms with Crippen LogP contribution in [0.4, 0.5) is 5.69 Å². The maximum absolute atomic E-state index is 12.4. The minimum Gasteiger partial charge on any atom is -0.325 e. The average Bonchev–Trinajstić information content (AvgIpc) is 2.88. The number of aryl methyl sites for hydroxylation is 1. The Bertz CT molecular complexity index is 824. The van der Waals surface area contributed by atoms with Gasteiger partial charge >= 0.3 is 0 Å². The molecule has 0 radical (unpaired) electrons. The fourth-order valence-electron chi connectivity index (χ4n) is 2.59. The van der Waals surface area contributed by atoms with E-state index >= 15 is 0 Å². The molecule has 0 saturated carbocycles. The molecular weight excluding hydrogens is 354 g/mol. The number of nitrogens with one attached hydrogen (secondary N) is 1. The number of halogens is 1. The highest BCUT2D eigenvalue weighted by Crippen LogP contribution is 2.18. The molecule has 0 saturated heterocycles. The lowest BCUT2D eigenvalue weighted by atomic mass is 10.3. The summed E-state index contributed by atoms with van der Waals surface area (Å²) in [7, 11) is 0. The minimum atomic E-state index is -0.0483. The second kappa shape index (κ2) is 6.96. The molecule has 0 unspecified atom stereocenters. The number of benzene rings is 2. The molecule has 118 valence electrons. The second-order valence-corrected chi connectivity index (χ2v) is 6.32. The van der Waals surface area contributed by atoms with Gasteiger partial charge in [-0.15, -0.1) is 0 Å². The van der Waals surface area contributed by atoms with Crippen LogP contribution in [0.5, 0.6) is 0 Å². The summed E-state index contributed by atoms with van der Waals surface area (Å²) < 4.78 is 2.99. The lowest BCUT2D eigenvalue weighted by molar-refractivity contribution is -0.116. The van der Waals surface area contributed by atoms with Crippen molar-refractivity contribution in [3.8, 4) is 0 Å². The zero-order valence-corrected chi connectivity index (χ0v) is 14.5. The predicted molar refractivity (Wildman–Crippen MR) is 96.5 cm³/mol. The molecule has 1 heterocycles. The van der Waals surface area contributed by atoms with Gasteiger partial charge in [-0.25, -0.2) is 4.98 Å². The van der Waals surface area contributed by atoms with Gasteiger partial charge in [-0.05, 0) is 42.8 Å². The van der Waals surface area contributed by atoms with Crippen molar-refractivity contribution >= 4 is 38.6 Å². The van der Waals surface area contributed by atoms with Crippen molar-refractivity contribution in [3.63, 3.8) is 0 Å². The molecule has 0 aliphatic rings. The molecule has 1 amide bonds. The molecule has 4 nitrogen and oxygen atoms in total. The van der Waals surface area contributed by atoms with E-state index in [0.29, 0.717) is 0 Å². The van der Waals surface area contributed by atoms with Crippen molar-refractivity contribution in [2.75, 3.05) is 5.32 Å². The van der Waals surface area contributed by atoms with Crippen molar-refractivity contribution in [3.05, 3.63) is 58.8 Å². The zero-order chi connectivity index (χ0) is 16.2. The lowest BCUT2D eigenvalue weighted by Gasteiger charge is -2.10. The number of carbonyl (C=O) groups is 1. The molecule has 1 N–H and O–H groups in total. The predicted octanol–water partition coefficient (Wildman–Crippen LogP) is 4.39. The SMILES string of the molecule is CCCc1nc2ccccc2n1CC(=O)Nc1ccc(Br)cc1. The van der Waals surface area contributed by atoms with Gasteiger partial charge in [0.1, 0.15) is 12.4 Å². The molecule has 0 bridgehead atoms. The summed E-state index contributed by atoms with van der Waals surface area (Å²) in [5.41, 5.74) is 2.73. The number of carbonyl (C=O) groups excluding carboxylic acids is 1. The normalized spacial score (nSPS) is 10.9. The van der Waals surface area contributed by atoms with E-state index in [2.05, 4.69) is 33.2 Å². The summed E-state index contributed by atoms with van der Waals surface area (Å²) in [4.78, 5) is 17.0. The first kappa shape index (κ1) is 15.7. The Hall–Kier alpha value is -2.14. The van der Waals surface area contributed by atoms with Crippen LogP contribution in [0.25, 0.3) is 11.0 Å². The number of anilines is 1. The van der Waals surface area contributed by atoms with Crippen molar-refractivity contribution in [1.82, 2.24) is 9.55 Å². The van der Waals surface area contributed by atoms with E-state index in [4.69, 9.17) is 0 Å². The van der Waals surface area contributed by atoms with Crippen LogP contribution in [0.3, 0.4) is 0 Å². The van der Waals surface area contributed by atoms with E-state index in [-0.39, 0.29) is 12.5 Å². The number of rotatable bonds is 5. The van der Waals surface area contributed by atoms with Crippen LogP contribution < -0.4 is 5.32 Å². The van der Waals surface area contributed by atoms with Gasteiger partial charge in [-0.1, -0.05) is 35.0 Å². The zero-order valence-electron chi connectivity index (χ0n) is 12.9. The Kier molecular flexibility index (Phi) is 4.76. The summed E-state index contributed by atoms with van der Waals surface area (Å²) in [6.45, 7) is 2.39. The number of imidazole rings is 1. The Balaban J connectivity index is 1.83. The molecule has 0 spiro atoms. The number of aromatic nitrogens is 2. The Morgan fingerprint density at radius 1 is 1.17 bits per heavy atom. The van der Waals surface area contributed by atoms with Gasteiger partial charge in [0, 0.05) is 16.6 Å². The molecule has 0 aliphatic carbocycles. The topological polar surface area (TPSA) is 46.9 Å². The van der Waals surface area contributed by atoms with Gasteiger partial charge in [-0.3, -0.25) is 4.79 Å². The van der Waals surface area contributed by atoms with Gasteiger partial charge in [0.25, 0.3) is 0 Å². The number of nitrogens with zero attached hydrogens (tertiary/aromatic N) is 2. The van der Waals surface area contributed by atoms with Crippen LogP contribution in [0.1, 0.15) is 19.2 Å². The third-order valence-corrected chi connectivity index (χ3v) is 4.17. The van der Waals surface area contributed by atoms with E-state index in [1.165, 1.54) is 0 Å². The quantitative estimate of drug-likeness (QED) is 0.722. The van der Waals surface area contributed by atoms with E-state index in [9.17, 15) is 4.79 Å². The standard InChI is InChI=1S/C18H18BrN3O/c1-2-5-17-21-15-6-3-4-7-16(15)22(17)12-18(23)20-14-10-8-13(19)9-11-14/h3-4,6-11H,2,5,12H2,1H3,(H,20,23). The largest absolute Gasteiger partial charge is 0.325 e. The van der Waals surface area contributed by atoms with Gasteiger partial charge < -0.3 is 9.88 Å². The van der Waals surface area contributed by atoms with Crippen LogP contribution in [0.2, 0.25) is 0 Å². The first-order valence-corrected chi connectivity index (χ1v) is 8.46. The maximum atomic E-state index is 12.4. The minimum absolute atomic E-state index is 0.0483. The smallest absolute Gasteiger partial charge is 0.244 e. The summed E-state index contributed by atoms with van der Waals surface area (Å²) in [5, 5.41) is 2.93. The van der Waals surface area contributed by atoms with Crippen molar-refractivity contribution in [1.29, 1.82) is 0 Å². The highest BCUT2D eigenvalue weighted by Gasteiger charge is 2.13. The lowest BCUT2D eigenvalue weighted by Crippen LogP contribution is -2.20. The van der Waals surface area contributed by atoms with Crippen LogP contribution in [0, 0.1) is 0 Å². The monoisotopic (exact) mass is 371 g/mol. The van der Waals surface area contributed by atoms with E-state index in [0.717, 1.165) is 39.9 Å². The van der Waals surface area contributed by atoms with Gasteiger partial charge in [-0.2, -0.15) is 0 Å². The average molecular weight is 372 g/mol.